The molecule has 0 N–H and O–H groups in total. The molecular formula is C21H26FN3O6S2. The number of carbonyl (C=O) groups is 3. The number of sulfone groups is 1. The molecule has 180 valence electrons. The van der Waals surface area contributed by atoms with Crippen molar-refractivity contribution in [3.05, 3.63) is 28.8 Å². The third kappa shape index (κ3) is 6.70. The average Bonchev–Trinajstić information content (AvgIpc) is 3.03. The van der Waals surface area contributed by atoms with Crippen LogP contribution in [0.2, 0.25) is 0 Å². The number of benzene rings is 1. The highest BCUT2D eigenvalue weighted by atomic mass is 32.2. The molecule has 2 aromatic rings. The molecule has 1 aromatic carbocycles. The van der Waals surface area contributed by atoms with Crippen LogP contribution in [0.25, 0.3) is 10.2 Å². The second kappa shape index (κ2) is 10.6. The number of amides is 2. The van der Waals surface area contributed by atoms with Gasteiger partial charge in [-0.1, -0.05) is 18.3 Å². The van der Waals surface area contributed by atoms with Gasteiger partial charge in [0.2, 0.25) is 5.91 Å². The quantitative estimate of drug-likeness (QED) is 0.534. The summed E-state index contributed by atoms with van der Waals surface area (Å²) >= 11 is 0.947. The van der Waals surface area contributed by atoms with Crippen LogP contribution in [0.3, 0.4) is 0 Å². The summed E-state index contributed by atoms with van der Waals surface area (Å²) in [6, 6.07) is 3.89. The first-order valence-electron chi connectivity index (χ1n) is 10.6. The van der Waals surface area contributed by atoms with E-state index in [0.29, 0.717) is 29.2 Å². The van der Waals surface area contributed by atoms with E-state index in [1.54, 1.807) is 6.92 Å². The van der Waals surface area contributed by atoms with Crippen molar-refractivity contribution in [3.63, 3.8) is 0 Å². The van der Waals surface area contributed by atoms with E-state index < -0.39 is 44.9 Å². The third-order valence-corrected chi connectivity index (χ3v) is 7.57. The zero-order valence-corrected chi connectivity index (χ0v) is 20.1. The number of fused-ring (bicyclic) bond motifs is 1. The second-order valence-corrected chi connectivity index (χ2v) is 11.1. The molecule has 2 heterocycles. The number of hydrogen-bond donors (Lipinski definition) is 0. The number of likely N-dealkylation sites (tertiary alicyclic amines) is 1. The summed E-state index contributed by atoms with van der Waals surface area (Å²) in [6.07, 6.45) is 1.80. The number of hydrogen-bond acceptors (Lipinski definition) is 7. The van der Waals surface area contributed by atoms with Crippen LogP contribution in [0.1, 0.15) is 26.7 Å². The van der Waals surface area contributed by atoms with Gasteiger partial charge in [0, 0.05) is 13.1 Å². The van der Waals surface area contributed by atoms with Crippen molar-refractivity contribution in [2.75, 3.05) is 31.2 Å². The predicted molar refractivity (Wildman–Crippen MR) is 121 cm³/mol. The predicted octanol–water partition coefficient (Wildman–Crippen LogP) is 1.51. The minimum Gasteiger partial charge on any atom is -0.465 e. The van der Waals surface area contributed by atoms with Gasteiger partial charge in [0.1, 0.15) is 23.9 Å². The molecule has 0 bridgehead atoms. The van der Waals surface area contributed by atoms with E-state index in [9.17, 15) is 27.2 Å². The van der Waals surface area contributed by atoms with Crippen molar-refractivity contribution < 1.29 is 31.9 Å². The lowest BCUT2D eigenvalue weighted by Crippen LogP contribution is -2.42. The van der Waals surface area contributed by atoms with E-state index in [0.717, 1.165) is 24.2 Å². The highest BCUT2D eigenvalue weighted by Gasteiger charge is 2.27. The molecule has 1 saturated heterocycles. The summed E-state index contributed by atoms with van der Waals surface area (Å²) < 4.78 is 45.3. The fraction of sp³-hybridized carbons (Fsp3) is 0.524. The second-order valence-electron chi connectivity index (χ2n) is 8.01. The van der Waals surface area contributed by atoms with Gasteiger partial charge in [0.15, 0.2) is 14.6 Å². The van der Waals surface area contributed by atoms with Crippen molar-refractivity contribution in [1.82, 2.24) is 9.47 Å². The van der Waals surface area contributed by atoms with Gasteiger partial charge < -0.3 is 14.2 Å². The first-order valence-corrected chi connectivity index (χ1v) is 13.2. The van der Waals surface area contributed by atoms with E-state index in [1.807, 2.05) is 6.92 Å². The molecule has 0 aliphatic carbocycles. The smallest absolute Gasteiger partial charge is 0.326 e. The molecule has 3 rings (SSSR count). The van der Waals surface area contributed by atoms with E-state index in [2.05, 4.69) is 4.99 Å². The molecule has 1 aliphatic rings. The van der Waals surface area contributed by atoms with E-state index in [4.69, 9.17) is 4.74 Å². The number of halogens is 1. The molecule has 1 unspecified atom stereocenters. The van der Waals surface area contributed by atoms with Crippen LogP contribution in [0, 0.1) is 11.7 Å². The van der Waals surface area contributed by atoms with Gasteiger partial charge in [-0.2, -0.15) is 4.99 Å². The Balaban J connectivity index is 1.81. The van der Waals surface area contributed by atoms with Crippen molar-refractivity contribution in [1.29, 1.82) is 0 Å². The van der Waals surface area contributed by atoms with Gasteiger partial charge in [-0.3, -0.25) is 14.4 Å². The molecule has 1 aliphatic heterocycles. The minimum absolute atomic E-state index is 0.0417. The Kier molecular flexibility index (Phi) is 8.01. The Morgan fingerprint density at radius 1 is 1.27 bits per heavy atom. The van der Waals surface area contributed by atoms with Crippen LogP contribution >= 0.6 is 11.3 Å². The van der Waals surface area contributed by atoms with E-state index in [1.165, 1.54) is 27.7 Å². The van der Waals surface area contributed by atoms with Crippen LogP contribution < -0.4 is 4.80 Å². The van der Waals surface area contributed by atoms with Crippen LogP contribution in [0.15, 0.2) is 23.2 Å². The fourth-order valence-electron chi connectivity index (χ4n) is 3.69. The number of nitrogens with zero attached hydrogens (tertiary/aromatic N) is 3. The minimum atomic E-state index is -4.04. The van der Waals surface area contributed by atoms with E-state index >= 15 is 0 Å². The van der Waals surface area contributed by atoms with Crippen molar-refractivity contribution in [2.45, 2.75) is 33.2 Å². The summed E-state index contributed by atoms with van der Waals surface area (Å²) in [5.41, 5.74) is 0.457. The van der Waals surface area contributed by atoms with Crippen LogP contribution in [-0.2, 0) is 35.5 Å². The van der Waals surface area contributed by atoms with Gasteiger partial charge in [0.05, 0.1) is 16.8 Å². The maximum atomic E-state index is 13.6. The number of rotatable bonds is 7. The molecule has 9 nitrogen and oxygen atoms in total. The molecule has 12 heteroatoms. The highest BCUT2D eigenvalue weighted by molar-refractivity contribution is 7.92. The fourth-order valence-corrected chi connectivity index (χ4v) is 5.87. The largest absolute Gasteiger partial charge is 0.465 e. The molecule has 33 heavy (non-hydrogen) atoms. The number of esters is 1. The summed E-state index contributed by atoms with van der Waals surface area (Å²) in [6.45, 7) is 4.53. The lowest BCUT2D eigenvalue weighted by Gasteiger charge is -2.30. The van der Waals surface area contributed by atoms with E-state index in [-0.39, 0.29) is 18.0 Å². The summed E-state index contributed by atoms with van der Waals surface area (Å²) in [5, 5.41) is 0. The summed E-state index contributed by atoms with van der Waals surface area (Å²) in [7, 11) is -4.04. The molecule has 1 atom stereocenters. The Morgan fingerprint density at radius 2 is 2.03 bits per heavy atom. The summed E-state index contributed by atoms with van der Waals surface area (Å²) in [5.74, 6) is -3.98. The SMILES string of the molecule is CCOC(=O)Cn1c(=NC(=O)CS(=O)(=O)CC(=O)N2CCCC(C)C2)sc2cc(F)ccc21. The number of aromatic nitrogens is 1. The van der Waals surface area contributed by atoms with Crippen LogP contribution in [0.5, 0.6) is 0 Å². The first-order chi connectivity index (χ1) is 15.6. The average molecular weight is 500 g/mol. The number of carbonyl (C=O) groups excluding carboxylic acids is 3. The number of thiazole rings is 1. The molecule has 0 radical (unpaired) electrons. The number of ether oxygens (including phenoxy) is 1. The Bertz CT molecular complexity index is 1230. The standard InChI is InChI=1S/C21H26FN3O6S2/c1-3-31-20(28)11-25-16-7-6-15(22)9-17(16)32-21(25)23-18(26)12-33(29,30)13-19(27)24-8-4-5-14(2)10-24/h6-7,9,14H,3-5,8,10-13H2,1-2H3. The monoisotopic (exact) mass is 499 g/mol. The molecule has 0 spiro atoms. The van der Waals surface area contributed by atoms with Gasteiger partial charge in [-0.15, -0.1) is 0 Å². The molecular weight excluding hydrogens is 473 g/mol. The van der Waals surface area contributed by atoms with Crippen molar-refractivity contribution >= 4 is 49.2 Å². The van der Waals surface area contributed by atoms with Crippen LogP contribution in [-0.4, -0.2) is 66.9 Å². The lowest BCUT2D eigenvalue weighted by molar-refractivity contribution is -0.143. The van der Waals surface area contributed by atoms with Gasteiger partial charge in [0.25, 0.3) is 5.91 Å². The van der Waals surface area contributed by atoms with Crippen LogP contribution in [0.4, 0.5) is 4.39 Å². The van der Waals surface area contributed by atoms with Gasteiger partial charge in [-0.25, -0.2) is 12.8 Å². The topological polar surface area (TPSA) is 115 Å². The molecule has 2 amide bonds. The first kappa shape index (κ1) is 25.0. The zero-order valence-electron chi connectivity index (χ0n) is 18.5. The Labute approximate surface area is 194 Å². The Hall–Kier alpha value is -2.60. The molecule has 1 fully saturated rings. The normalized spacial score (nSPS) is 17.4. The van der Waals surface area contributed by atoms with Crippen molar-refractivity contribution in [2.24, 2.45) is 10.9 Å². The van der Waals surface area contributed by atoms with Gasteiger partial charge in [-0.05, 0) is 43.9 Å². The zero-order chi connectivity index (χ0) is 24.2. The summed E-state index contributed by atoms with van der Waals surface area (Å²) in [4.78, 5) is 42.3. The molecule has 1 aromatic heterocycles. The third-order valence-electron chi connectivity index (χ3n) is 5.15. The maximum Gasteiger partial charge on any atom is 0.326 e. The van der Waals surface area contributed by atoms with Gasteiger partial charge >= 0.3 is 5.97 Å². The highest BCUT2D eigenvalue weighted by Crippen LogP contribution is 2.19. The van der Waals surface area contributed by atoms with Crippen molar-refractivity contribution in [3.8, 4) is 0 Å². The Morgan fingerprint density at radius 3 is 2.73 bits per heavy atom. The molecule has 0 saturated carbocycles. The number of piperidine rings is 1. The maximum absolute atomic E-state index is 13.6. The lowest BCUT2D eigenvalue weighted by atomic mass is 10.0.